The topological polar surface area (TPSA) is 106 Å². The van der Waals surface area contributed by atoms with E-state index in [0.29, 0.717) is 36.7 Å². The summed E-state index contributed by atoms with van der Waals surface area (Å²) in [6.45, 7) is 1.28. The number of urea groups is 1. The van der Waals surface area contributed by atoms with Crippen molar-refractivity contribution in [3.8, 4) is 11.5 Å². The van der Waals surface area contributed by atoms with E-state index in [1.54, 1.807) is 37.3 Å². The first-order chi connectivity index (χ1) is 13.8. The van der Waals surface area contributed by atoms with Crippen LogP contribution < -0.4 is 14.8 Å². The predicted octanol–water partition coefficient (Wildman–Crippen LogP) is 1.37. The molecule has 2 heterocycles. The number of aryl methyl sites for hydroxylation is 1. The Balaban J connectivity index is 1.67. The molecule has 0 spiro atoms. The number of benzene rings is 1. The highest BCUT2D eigenvalue weighted by Crippen LogP contribution is 2.29. The van der Waals surface area contributed by atoms with Gasteiger partial charge < -0.3 is 19.7 Å². The molecule has 0 atom stereocenters. The van der Waals surface area contributed by atoms with Gasteiger partial charge in [0.1, 0.15) is 16.4 Å². The fourth-order valence-corrected chi connectivity index (χ4v) is 4.57. The van der Waals surface area contributed by atoms with Crippen molar-refractivity contribution >= 4 is 21.7 Å². The van der Waals surface area contributed by atoms with Crippen LogP contribution in [0.15, 0.2) is 35.5 Å². The summed E-state index contributed by atoms with van der Waals surface area (Å²) < 4.78 is 38.9. The molecule has 10 nitrogen and oxygen atoms in total. The van der Waals surface area contributed by atoms with E-state index in [-0.39, 0.29) is 24.0 Å². The van der Waals surface area contributed by atoms with Gasteiger partial charge in [-0.15, -0.1) is 0 Å². The van der Waals surface area contributed by atoms with E-state index in [1.807, 2.05) is 0 Å². The lowest BCUT2D eigenvalue weighted by Gasteiger charge is -2.22. The number of hydrogen-bond donors (Lipinski definition) is 1. The fraction of sp³-hybridized carbons (Fsp3) is 0.444. The summed E-state index contributed by atoms with van der Waals surface area (Å²) in [5.74, 6) is 1.10. The van der Waals surface area contributed by atoms with Gasteiger partial charge in [-0.2, -0.15) is 9.40 Å². The molecule has 0 bridgehead atoms. The predicted molar refractivity (Wildman–Crippen MR) is 107 cm³/mol. The quantitative estimate of drug-likeness (QED) is 0.779. The minimum atomic E-state index is -3.63. The van der Waals surface area contributed by atoms with Crippen LogP contribution >= 0.6 is 0 Å². The average molecular weight is 423 g/mol. The second-order valence-electron chi connectivity index (χ2n) is 6.59. The fourth-order valence-electron chi connectivity index (χ4n) is 3.11. The van der Waals surface area contributed by atoms with Crippen molar-refractivity contribution in [3.05, 3.63) is 30.6 Å². The van der Waals surface area contributed by atoms with Gasteiger partial charge in [0.05, 0.1) is 26.1 Å². The number of anilines is 1. The highest BCUT2D eigenvalue weighted by atomic mass is 32.2. The molecular weight excluding hydrogens is 398 g/mol. The molecular formula is C18H25N5O5S. The third-order valence-electron chi connectivity index (χ3n) is 4.71. The van der Waals surface area contributed by atoms with Crippen LogP contribution in [0.2, 0.25) is 0 Å². The maximum Gasteiger partial charge on any atom is 0.321 e. The average Bonchev–Trinajstić information content (AvgIpc) is 3.00. The van der Waals surface area contributed by atoms with E-state index >= 15 is 0 Å². The third-order valence-corrected chi connectivity index (χ3v) is 6.56. The SMILES string of the molecule is COc1ccc(NC(=O)N2CCCN(S(=O)(=O)c3cnn(C)c3)CC2)c(OC)c1. The molecule has 2 aromatic rings. The highest BCUT2D eigenvalue weighted by Gasteiger charge is 2.29. The first kappa shape index (κ1) is 20.9. The van der Waals surface area contributed by atoms with Gasteiger partial charge in [-0.05, 0) is 18.6 Å². The Kier molecular flexibility index (Phi) is 6.28. The van der Waals surface area contributed by atoms with Gasteiger partial charge in [0.2, 0.25) is 10.0 Å². The molecule has 11 heteroatoms. The minimum absolute atomic E-state index is 0.154. The van der Waals surface area contributed by atoms with Crippen LogP contribution in [0.5, 0.6) is 11.5 Å². The van der Waals surface area contributed by atoms with Crippen LogP contribution in [-0.4, -0.2) is 73.8 Å². The lowest BCUT2D eigenvalue weighted by atomic mass is 10.2. The van der Waals surface area contributed by atoms with E-state index in [9.17, 15) is 13.2 Å². The first-order valence-corrected chi connectivity index (χ1v) is 10.6. The van der Waals surface area contributed by atoms with Gasteiger partial charge in [0, 0.05) is 45.5 Å². The molecule has 1 aromatic heterocycles. The monoisotopic (exact) mass is 423 g/mol. The summed E-state index contributed by atoms with van der Waals surface area (Å²) in [5, 5.41) is 6.76. The number of sulfonamides is 1. The molecule has 1 N–H and O–H groups in total. The van der Waals surface area contributed by atoms with Gasteiger partial charge in [-0.3, -0.25) is 4.68 Å². The van der Waals surface area contributed by atoms with Crippen LogP contribution in [0.4, 0.5) is 10.5 Å². The Morgan fingerprint density at radius 1 is 1.14 bits per heavy atom. The lowest BCUT2D eigenvalue weighted by molar-refractivity contribution is 0.214. The summed E-state index contributed by atoms with van der Waals surface area (Å²) in [5.41, 5.74) is 0.516. The number of ether oxygens (including phenoxy) is 2. The van der Waals surface area contributed by atoms with Crippen molar-refractivity contribution in [1.29, 1.82) is 0 Å². The molecule has 1 aliphatic rings. The van der Waals surface area contributed by atoms with Crippen molar-refractivity contribution in [3.63, 3.8) is 0 Å². The third kappa shape index (κ3) is 4.62. The standard InChI is InChI=1S/C18H25N5O5S/c1-21-13-15(12-19-21)29(25,26)23-8-4-7-22(9-10-23)18(24)20-16-6-5-14(27-2)11-17(16)28-3/h5-6,11-13H,4,7-10H2,1-3H3,(H,20,24). The Morgan fingerprint density at radius 2 is 1.93 bits per heavy atom. The Hall–Kier alpha value is -2.79. The zero-order valence-corrected chi connectivity index (χ0v) is 17.5. The Bertz CT molecular complexity index is 975. The van der Waals surface area contributed by atoms with Gasteiger partial charge in [-0.1, -0.05) is 0 Å². The maximum atomic E-state index is 12.8. The van der Waals surface area contributed by atoms with Crippen molar-refractivity contribution in [2.45, 2.75) is 11.3 Å². The second kappa shape index (κ2) is 8.70. The number of methoxy groups -OCH3 is 2. The van der Waals surface area contributed by atoms with Crippen molar-refractivity contribution < 1.29 is 22.7 Å². The van der Waals surface area contributed by atoms with Gasteiger partial charge >= 0.3 is 6.03 Å². The number of hydrogen-bond acceptors (Lipinski definition) is 6. The molecule has 158 valence electrons. The molecule has 0 radical (unpaired) electrons. The summed E-state index contributed by atoms with van der Waals surface area (Å²) in [6, 6.07) is 4.80. The van der Waals surface area contributed by atoms with E-state index in [4.69, 9.17) is 9.47 Å². The molecule has 3 rings (SSSR count). The smallest absolute Gasteiger partial charge is 0.321 e. The molecule has 0 unspecified atom stereocenters. The van der Waals surface area contributed by atoms with E-state index in [1.165, 1.54) is 28.5 Å². The second-order valence-corrected chi connectivity index (χ2v) is 8.53. The molecule has 29 heavy (non-hydrogen) atoms. The maximum absolute atomic E-state index is 12.8. The van der Waals surface area contributed by atoms with Crippen LogP contribution in [0.25, 0.3) is 0 Å². The molecule has 1 aromatic carbocycles. The molecule has 0 saturated carbocycles. The normalized spacial score (nSPS) is 15.6. The van der Waals surface area contributed by atoms with Gasteiger partial charge in [0.25, 0.3) is 0 Å². The molecule has 1 fully saturated rings. The summed E-state index contributed by atoms with van der Waals surface area (Å²) in [6.07, 6.45) is 3.34. The summed E-state index contributed by atoms with van der Waals surface area (Å²) in [4.78, 5) is 14.5. The number of rotatable bonds is 5. The van der Waals surface area contributed by atoms with Crippen molar-refractivity contribution in [2.75, 3.05) is 45.7 Å². The molecule has 2 amide bonds. The number of nitrogens with one attached hydrogen (secondary N) is 1. The number of carbonyl (C=O) groups excluding carboxylic acids is 1. The first-order valence-electron chi connectivity index (χ1n) is 9.12. The van der Waals surface area contributed by atoms with Gasteiger partial charge in [-0.25, -0.2) is 13.2 Å². The number of aromatic nitrogens is 2. The van der Waals surface area contributed by atoms with E-state index in [0.717, 1.165) is 0 Å². The summed E-state index contributed by atoms with van der Waals surface area (Å²) >= 11 is 0. The zero-order chi connectivity index (χ0) is 21.0. The Labute approximate surface area is 170 Å². The minimum Gasteiger partial charge on any atom is -0.497 e. The Morgan fingerprint density at radius 3 is 2.59 bits per heavy atom. The molecule has 1 aliphatic heterocycles. The number of nitrogens with zero attached hydrogens (tertiary/aromatic N) is 4. The van der Waals surface area contributed by atoms with Crippen LogP contribution in [0.3, 0.4) is 0 Å². The van der Waals surface area contributed by atoms with E-state index in [2.05, 4.69) is 10.4 Å². The van der Waals surface area contributed by atoms with Crippen molar-refractivity contribution in [1.82, 2.24) is 19.0 Å². The number of carbonyl (C=O) groups is 1. The highest BCUT2D eigenvalue weighted by molar-refractivity contribution is 7.89. The van der Waals surface area contributed by atoms with E-state index < -0.39 is 10.0 Å². The van der Waals surface area contributed by atoms with Crippen LogP contribution in [-0.2, 0) is 17.1 Å². The molecule has 1 saturated heterocycles. The van der Waals surface area contributed by atoms with Gasteiger partial charge in [0.15, 0.2) is 0 Å². The van der Waals surface area contributed by atoms with Crippen LogP contribution in [0, 0.1) is 0 Å². The van der Waals surface area contributed by atoms with Crippen LogP contribution in [0.1, 0.15) is 6.42 Å². The lowest BCUT2D eigenvalue weighted by Crippen LogP contribution is -2.39. The summed E-state index contributed by atoms with van der Waals surface area (Å²) in [7, 11) is 1.10. The largest absolute Gasteiger partial charge is 0.497 e. The zero-order valence-electron chi connectivity index (χ0n) is 16.7. The number of amides is 2. The van der Waals surface area contributed by atoms with Crippen molar-refractivity contribution in [2.24, 2.45) is 7.05 Å². The molecule has 0 aliphatic carbocycles.